The number of nitrogens with one attached hydrogen (secondary N) is 1. The van der Waals surface area contributed by atoms with Crippen molar-refractivity contribution >= 4 is 22.4 Å². The Morgan fingerprint density at radius 2 is 1.68 bits per heavy atom. The van der Waals surface area contributed by atoms with Crippen molar-refractivity contribution in [2.45, 2.75) is 0 Å². The number of ether oxygens (including phenoxy) is 1. The highest BCUT2D eigenvalue weighted by Crippen LogP contribution is 2.25. The van der Waals surface area contributed by atoms with Gasteiger partial charge in [0.05, 0.1) is 0 Å². The monoisotopic (exact) mass is 295 g/mol. The number of hydrogen-bond acceptors (Lipinski definition) is 2. The van der Waals surface area contributed by atoms with E-state index in [1.807, 2.05) is 42.5 Å². The topological polar surface area (TPSA) is 38.3 Å². The van der Waals surface area contributed by atoms with E-state index in [4.69, 9.17) is 4.74 Å². The van der Waals surface area contributed by atoms with E-state index >= 15 is 0 Å². The van der Waals surface area contributed by atoms with E-state index < -0.39 is 0 Å². The van der Waals surface area contributed by atoms with E-state index in [1.54, 1.807) is 0 Å². The fraction of sp³-hybridized carbons (Fsp3) is 0.0556. The molecule has 0 saturated heterocycles. The number of hydrogen-bond donors (Lipinski definition) is 1. The third-order valence-corrected chi connectivity index (χ3v) is 3.24. The minimum Gasteiger partial charge on any atom is -0.483 e. The number of carbonyl (C=O) groups excluding carboxylic acids is 1. The van der Waals surface area contributed by atoms with Crippen molar-refractivity contribution in [2.24, 2.45) is 0 Å². The van der Waals surface area contributed by atoms with Crippen molar-refractivity contribution in [1.29, 1.82) is 0 Å². The molecule has 0 unspecified atom stereocenters. The van der Waals surface area contributed by atoms with Gasteiger partial charge in [-0.05, 0) is 35.7 Å². The summed E-state index contributed by atoms with van der Waals surface area (Å²) in [4.78, 5) is 11.9. The van der Waals surface area contributed by atoms with Crippen molar-refractivity contribution in [3.8, 4) is 5.75 Å². The molecule has 0 saturated carbocycles. The molecule has 110 valence electrons. The van der Waals surface area contributed by atoms with Gasteiger partial charge in [0, 0.05) is 11.1 Å². The molecule has 22 heavy (non-hydrogen) atoms. The summed E-state index contributed by atoms with van der Waals surface area (Å²) in [5, 5.41) is 4.67. The maximum atomic E-state index is 12.8. The van der Waals surface area contributed by atoms with Crippen LogP contribution < -0.4 is 10.1 Å². The minimum atomic E-state index is -0.343. The first-order chi connectivity index (χ1) is 10.7. The Balaban J connectivity index is 1.66. The fourth-order valence-electron chi connectivity index (χ4n) is 2.20. The summed E-state index contributed by atoms with van der Waals surface area (Å²) in [6.45, 7) is -0.106. The molecule has 1 amide bonds. The molecule has 0 heterocycles. The van der Waals surface area contributed by atoms with Gasteiger partial charge < -0.3 is 10.1 Å². The zero-order valence-corrected chi connectivity index (χ0v) is 11.8. The normalized spacial score (nSPS) is 10.4. The molecule has 0 aliphatic carbocycles. The zero-order valence-electron chi connectivity index (χ0n) is 11.8. The summed E-state index contributed by atoms with van der Waals surface area (Å²) in [7, 11) is 0. The van der Waals surface area contributed by atoms with Gasteiger partial charge in [-0.15, -0.1) is 0 Å². The third-order valence-electron chi connectivity index (χ3n) is 3.24. The molecule has 0 bridgehead atoms. The lowest BCUT2D eigenvalue weighted by molar-refractivity contribution is -0.118. The molecular weight excluding hydrogens is 281 g/mol. The van der Waals surface area contributed by atoms with Gasteiger partial charge in [-0.25, -0.2) is 4.39 Å². The Kier molecular flexibility index (Phi) is 4.01. The van der Waals surface area contributed by atoms with E-state index in [-0.39, 0.29) is 18.3 Å². The SMILES string of the molecule is O=C(COc1cccc2ccccc12)Nc1ccc(F)cc1. The van der Waals surface area contributed by atoms with Crippen LogP contribution in [-0.4, -0.2) is 12.5 Å². The van der Waals surface area contributed by atoms with Crippen molar-refractivity contribution in [1.82, 2.24) is 0 Å². The lowest BCUT2D eigenvalue weighted by atomic mass is 10.1. The molecule has 4 heteroatoms. The molecule has 3 aromatic carbocycles. The summed E-state index contributed by atoms with van der Waals surface area (Å²) in [6, 6.07) is 19.1. The van der Waals surface area contributed by atoms with Crippen LogP contribution in [-0.2, 0) is 4.79 Å². The smallest absolute Gasteiger partial charge is 0.262 e. The first kappa shape index (κ1) is 14.1. The van der Waals surface area contributed by atoms with Crippen molar-refractivity contribution in [3.63, 3.8) is 0 Å². The molecule has 3 rings (SSSR count). The van der Waals surface area contributed by atoms with Crippen LogP contribution in [0.1, 0.15) is 0 Å². The summed E-state index contributed by atoms with van der Waals surface area (Å²) >= 11 is 0. The predicted octanol–water partition coefficient (Wildman–Crippen LogP) is 4.00. The molecule has 0 radical (unpaired) electrons. The number of rotatable bonds is 4. The number of halogens is 1. The highest BCUT2D eigenvalue weighted by atomic mass is 19.1. The zero-order chi connectivity index (χ0) is 15.4. The molecule has 0 aliphatic rings. The van der Waals surface area contributed by atoms with Gasteiger partial charge >= 0.3 is 0 Å². The second kappa shape index (κ2) is 6.26. The molecule has 3 aromatic rings. The number of anilines is 1. The van der Waals surface area contributed by atoms with Gasteiger partial charge in [-0.2, -0.15) is 0 Å². The molecule has 0 atom stereocenters. The van der Waals surface area contributed by atoms with Gasteiger partial charge in [0.1, 0.15) is 11.6 Å². The summed E-state index contributed by atoms with van der Waals surface area (Å²) in [6.07, 6.45) is 0. The van der Waals surface area contributed by atoms with E-state index in [1.165, 1.54) is 24.3 Å². The van der Waals surface area contributed by atoms with E-state index in [0.717, 1.165) is 10.8 Å². The minimum absolute atomic E-state index is 0.106. The first-order valence-electron chi connectivity index (χ1n) is 6.88. The van der Waals surface area contributed by atoms with Crippen molar-refractivity contribution in [3.05, 3.63) is 72.5 Å². The largest absolute Gasteiger partial charge is 0.483 e. The summed E-state index contributed by atoms with van der Waals surface area (Å²) < 4.78 is 18.4. The molecular formula is C18H14FNO2. The number of amides is 1. The first-order valence-corrected chi connectivity index (χ1v) is 6.88. The summed E-state index contributed by atoms with van der Waals surface area (Å²) in [5.74, 6) is 0.0249. The van der Waals surface area contributed by atoms with E-state index in [2.05, 4.69) is 5.32 Å². The second-order valence-electron chi connectivity index (χ2n) is 4.82. The number of benzene rings is 3. The van der Waals surface area contributed by atoms with Crippen LogP contribution in [0.2, 0.25) is 0 Å². The number of carbonyl (C=O) groups is 1. The molecule has 1 N–H and O–H groups in total. The molecule has 0 fully saturated rings. The third kappa shape index (κ3) is 3.23. The maximum absolute atomic E-state index is 12.8. The Morgan fingerprint density at radius 3 is 2.50 bits per heavy atom. The van der Waals surface area contributed by atoms with Crippen LogP contribution >= 0.6 is 0 Å². The Morgan fingerprint density at radius 1 is 0.955 bits per heavy atom. The van der Waals surface area contributed by atoms with Crippen molar-refractivity contribution < 1.29 is 13.9 Å². The summed E-state index contributed by atoms with van der Waals surface area (Å²) in [5.41, 5.74) is 0.535. The second-order valence-corrected chi connectivity index (χ2v) is 4.82. The molecule has 0 spiro atoms. The van der Waals surface area contributed by atoms with Gasteiger partial charge in [-0.3, -0.25) is 4.79 Å². The highest BCUT2D eigenvalue weighted by Gasteiger charge is 2.06. The molecule has 0 aromatic heterocycles. The van der Waals surface area contributed by atoms with Gasteiger partial charge in [0.25, 0.3) is 5.91 Å². The predicted molar refractivity (Wildman–Crippen MR) is 84.5 cm³/mol. The quantitative estimate of drug-likeness (QED) is 0.790. The Labute approximate surface area is 127 Å². The van der Waals surface area contributed by atoms with Crippen LogP contribution in [0.15, 0.2) is 66.7 Å². The van der Waals surface area contributed by atoms with Crippen LogP contribution in [0.5, 0.6) is 5.75 Å². The molecule has 3 nitrogen and oxygen atoms in total. The van der Waals surface area contributed by atoms with Gasteiger partial charge in [-0.1, -0.05) is 36.4 Å². The van der Waals surface area contributed by atoms with E-state index in [9.17, 15) is 9.18 Å². The van der Waals surface area contributed by atoms with Gasteiger partial charge in [0.2, 0.25) is 0 Å². The van der Waals surface area contributed by atoms with Crippen molar-refractivity contribution in [2.75, 3.05) is 11.9 Å². The average molecular weight is 295 g/mol. The van der Waals surface area contributed by atoms with Gasteiger partial charge in [0.15, 0.2) is 6.61 Å². The average Bonchev–Trinajstić information content (AvgIpc) is 2.55. The standard InChI is InChI=1S/C18H14FNO2/c19-14-8-10-15(11-9-14)20-18(21)12-22-17-7-3-5-13-4-1-2-6-16(13)17/h1-11H,12H2,(H,20,21). The van der Waals surface area contributed by atoms with Crippen LogP contribution in [0.4, 0.5) is 10.1 Å². The Bertz CT molecular complexity index is 794. The molecule has 0 aliphatic heterocycles. The van der Waals surface area contributed by atoms with E-state index in [0.29, 0.717) is 11.4 Å². The number of fused-ring (bicyclic) bond motifs is 1. The lowest BCUT2D eigenvalue weighted by Gasteiger charge is -2.09. The van der Waals surface area contributed by atoms with Crippen LogP contribution in [0.25, 0.3) is 10.8 Å². The maximum Gasteiger partial charge on any atom is 0.262 e. The fourth-order valence-corrected chi connectivity index (χ4v) is 2.20. The lowest BCUT2D eigenvalue weighted by Crippen LogP contribution is -2.20. The van der Waals surface area contributed by atoms with Crippen LogP contribution in [0.3, 0.4) is 0 Å². The highest BCUT2D eigenvalue weighted by molar-refractivity contribution is 5.93. The van der Waals surface area contributed by atoms with Crippen LogP contribution in [0, 0.1) is 5.82 Å². The Hall–Kier alpha value is -2.88.